The molecule has 3 rings (SSSR count). The van der Waals surface area contributed by atoms with Crippen LogP contribution in [-0.4, -0.2) is 86.9 Å². The van der Waals surface area contributed by atoms with E-state index >= 15 is 0 Å². The fraction of sp³-hybridized carbons (Fsp3) is 0.647. The van der Waals surface area contributed by atoms with Crippen LogP contribution in [0.1, 0.15) is 23.2 Å². The lowest BCUT2D eigenvalue weighted by Gasteiger charge is -2.36. The van der Waals surface area contributed by atoms with Crippen LogP contribution in [0.15, 0.2) is 18.3 Å². The third kappa shape index (κ3) is 4.30. The quantitative estimate of drug-likeness (QED) is 0.775. The maximum Gasteiger partial charge on any atom is 0.255 e. The highest BCUT2D eigenvalue weighted by Gasteiger charge is 2.26. The number of rotatable bonds is 3. The van der Waals surface area contributed by atoms with Crippen LogP contribution in [0.2, 0.25) is 0 Å². The molecular weight excluding hydrogens is 340 g/mol. The van der Waals surface area contributed by atoms with Crippen molar-refractivity contribution in [2.45, 2.75) is 18.9 Å². The van der Waals surface area contributed by atoms with Gasteiger partial charge in [0.05, 0.1) is 17.1 Å². The summed E-state index contributed by atoms with van der Waals surface area (Å²) in [6.07, 6.45) is 3.94. The van der Waals surface area contributed by atoms with Crippen molar-refractivity contribution in [3.05, 3.63) is 23.9 Å². The summed E-state index contributed by atoms with van der Waals surface area (Å²) in [5, 5.41) is 0. The van der Waals surface area contributed by atoms with E-state index in [1.807, 2.05) is 6.07 Å². The van der Waals surface area contributed by atoms with Gasteiger partial charge in [-0.1, -0.05) is 0 Å². The van der Waals surface area contributed by atoms with Gasteiger partial charge in [-0.05, 0) is 39.1 Å². The molecule has 0 bridgehead atoms. The fourth-order valence-corrected chi connectivity index (χ4v) is 4.58. The molecule has 1 aromatic heterocycles. The Kier molecular flexibility index (Phi) is 5.29. The highest BCUT2D eigenvalue weighted by atomic mass is 32.2. The molecule has 1 amide bonds. The Labute approximate surface area is 149 Å². The van der Waals surface area contributed by atoms with Gasteiger partial charge in [-0.25, -0.2) is 13.4 Å². The van der Waals surface area contributed by atoms with Crippen LogP contribution in [0.5, 0.6) is 0 Å². The smallest absolute Gasteiger partial charge is 0.255 e. The van der Waals surface area contributed by atoms with Gasteiger partial charge in [0.15, 0.2) is 9.84 Å². The third-order valence-corrected chi connectivity index (χ3v) is 6.69. The Hall–Kier alpha value is -1.67. The Bertz CT molecular complexity index is 704. The number of carbonyl (C=O) groups excluding carboxylic acids is 1. The summed E-state index contributed by atoms with van der Waals surface area (Å²) in [4.78, 5) is 23.1. The molecule has 8 heteroatoms. The van der Waals surface area contributed by atoms with Crippen molar-refractivity contribution < 1.29 is 13.2 Å². The van der Waals surface area contributed by atoms with Gasteiger partial charge in [-0.3, -0.25) is 4.79 Å². The predicted octanol–water partition coefficient (Wildman–Crippen LogP) is 0.483. The highest BCUT2D eigenvalue weighted by molar-refractivity contribution is 7.91. The van der Waals surface area contributed by atoms with E-state index in [9.17, 15) is 13.2 Å². The molecule has 1 aromatic rings. The summed E-state index contributed by atoms with van der Waals surface area (Å²) >= 11 is 0. The number of piperidine rings is 1. The van der Waals surface area contributed by atoms with Crippen molar-refractivity contribution in [3.8, 4) is 0 Å². The van der Waals surface area contributed by atoms with Crippen LogP contribution >= 0.6 is 0 Å². The maximum atomic E-state index is 12.5. The second-order valence-electron chi connectivity index (χ2n) is 7.05. The van der Waals surface area contributed by atoms with Gasteiger partial charge in [0.2, 0.25) is 0 Å². The zero-order valence-electron chi connectivity index (χ0n) is 14.9. The van der Waals surface area contributed by atoms with Gasteiger partial charge in [0.1, 0.15) is 5.82 Å². The Balaban J connectivity index is 1.65. The van der Waals surface area contributed by atoms with Gasteiger partial charge in [-0.15, -0.1) is 0 Å². The summed E-state index contributed by atoms with van der Waals surface area (Å²) in [5.41, 5.74) is 0.518. The van der Waals surface area contributed by atoms with Crippen molar-refractivity contribution in [2.75, 3.05) is 56.7 Å². The SMILES string of the molecule is CN(C)C1CCCN(c2ccc(C(=O)N3CCS(=O)(=O)CC3)cn2)C1. The summed E-state index contributed by atoms with van der Waals surface area (Å²) in [5.74, 6) is 0.844. The van der Waals surface area contributed by atoms with E-state index in [0.717, 1.165) is 25.3 Å². The molecule has 1 atom stereocenters. The maximum absolute atomic E-state index is 12.5. The Morgan fingerprint density at radius 1 is 1.20 bits per heavy atom. The van der Waals surface area contributed by atoms with E-state index in [1.165, 1.54) is 6.42 Å². The summed E-state index contributed by atoms with van der Waals surface area (Å²) in [7, 11) is 1.21. The van der Waals surface area contributed by atoms with Gasteiger partial charge in [0.25, 0.3) is 5.91 Å². The highest BCUT2D eigenvalue weighted by Crippen LogP contribution is 2.20. The molecule has 25 heavy (non-hydrogen) atoms. The normalized spacial score (nSPS) is 23.7. The van der Waals surface area contributed by atoms with Crippen molar-refractivity contribution in [1.29, 1.82) is 0 Å². The molecule has 0 radical (unpaired) electrons. The molecule has 2 aliphatic rings. The van der Waals surface area contributed by atoms with E-state index in [2.05, 4.69) is 28.9 Å². The third-order valence-electron chi connectivity index (χ3n) is 5.08. The fourth-order valence-electron chi connectivity index (χ4n) is 3.38. The van der Waals surface area contributed by atoms with Crippen molar-refractivity contribution in [3.63, 3.8) is 0 Å². The van der Waals surface area contributed by atoms with E-state index < -0.39 is 9.84 Å². The minimum atomic E-state index is -2.99. The number of hydrogen-bond donors (Lipinski definition) is 0. The molecule has 0 N–H and O–H groups in total. The average Bonchev–Trinajstić information content (AvgIpc) is 2.61. The lowest BCUT2D eigenvalue weighted by atomic mass is 10.0. The molecule has 0 saturated carbocycles. The van der Waals surface area contributed by atoms with Gasteiger partial charge in [0, 0.05) is 38.4 Å². The largest absolute Gasteiger partial charge is 0.355 e. The standard InChI is InChI=1S/C17H26N4O3S/c1-19(2)15-4-3-7-21(13-15)16-6-5-14(12-18-16)17(22)20-8-10-25(23,24)11-9-20/h5-6,12,15H,3-4,7-11,13H2,1-2H3. The first-order valence-corrected chi connectivity index (χ1v) is 10.5. The minimum Gasteiger partial charge on any atom is -0.355 e. The van der Waals surface area contributed by atoms with Crippen LogP contribution in [0, 0.1) is 0 Å². The van der Waals surface area contributed by atoms with Gasteiger partial charge < -0.3 is 14.7 Å². The number of hydrogen-bond acceptors (Lipinski definition) is 6. The van der Waals surface area contributed by atoms with Crippen LogP contribution < -0.4 is 4.90 Å². The first-order valence-electron chi connectivity index (χ1n) is 8.73. The lowest BCUT2D eigenvalue weighted by molar-refractivity contribution is 0.0770. The van der Waals surface area contributed by atoms with Crippen LogP contribution in [0.25, 0.3) is 0 Å². The molecule has 2 fully saturated rings. The first-order chi connectivity index (χ1) is 11.9. The number of carbonyl (C=O) groups is 1. The molecule has 0 spiro atoms. The number of anilines is 1. The molecule has 3 heterocycles. The number of sulfone groups is 1. The number of aromatic nitrogens is 1. The van der Waals surface area contributed by atoms with Crippen molar-refractivity contribution in [1.82, 2.24) is 14.8 Å². The average molecular weight is 366 g/mol. The first kappa shape index (κ1) is 18.1. The van der Waals surface area contributed by atoms with Gasteiger partial charge in [-0.2, -0.15) is 0 Å². The van der Waals surface area contributed by atoms with Crippen LogP contribution in [0.3, 0.4) is 0 Å². The molecule has 138 valence electrons. The molecular formula is C17H26N4O3S. The summed E-state index contributed by atoms with van der Waals surface area (Å²) in [6, 6.07) is 4.21. The van der Waals surface area contributed by atoms with Crippen molar-refractivity contribution >= 4 is 21.6 Å². The minimum absolute atomic E-state index is 0.0456. The summed E-state index contributed by atoms with van der Waals surface area (Å²) in [6.45, 7) is 2.45. The number of amides is 1. The second-order valence-corrected chi connectivity index (χ2v) is 9.36. The number of pyridine rings is 1. The topological polar surface area (TPSA) is 73.8 Å². The lowest BCUT2D eigenvalue weighted by Crippen LogP contribution is -2.45. The van der Waals surface area contributed by atoms with E-state index in [4.69, 9.17) is 0 Å². The predicted molar refractivity (Wildman–Crippen MR) is 97.7 cm³/mol. The monoisotopic (exact) mass is 366 g/mol. The molecule has 0 aromatic carbocycles. The van der Waals surface area contributed by atoms with E-state index in [0.29, 0.717) is 11.6 Å². The van der Waals surface area contributed by atoms with Crippen molar-refractivity contribution in [2.24, 2.45) is 0 Å². The zero-order chi connectivity index (χ0) is 18.0. The van der Waals surface area contributed by atoms with E-state index in [1.54, 1.807) is 17.2 Å². The zero-order valence-corrected chi connectivity index (χ0v) is 15.7. The van der Waals surface area contributed by atoms with Gasteiger partial charge >= 0.3 is 0 Å². The molecule has 0 aliphatic carbocycles. The van der Waals surface area contributed by atoms with Crippen LogP contribution in [0.4, 0.5) is 5.82 Å². The second kappa shape index (κ2) is 7.29. The van der Waals surface area contributed by atoms with E-state index in [-0.39, 0.29) is 30.5 Å². The molecule has 2 saturated heterocycles. The summed E-state index contributed by atoms with van der Waals surface area (Å²) < 4.78 is 23.0. The number of likely N-dealkylation sites (N-methyl/N-ethyl adjacent to an activating group) is 1. The van der Waals surface area contributed by atoms with Crippen LogP contribution in [-0.2, 0) is 9.84 Å². The molecule has 1 unspecified atom stereocenters. The Morgan fingerprint density at radius 3 is 2.52 bits per heavy atom. The molecule has 7 nitrogen and oxygen atoms in total. The molecule has 2 aliphatic heterocycles. The number of nitrogens with zero attached hydrogens (tertiary/aromatic N) is 4. The Morgan fingerprint density at radius 2 is 1.92 bits per heavy atom.